The molecular formula is C19H21N3O2. The number of rotatable bonds is 6. The zero-order chi connectivity index (χ0) is 16.9. The molecule has 0 aliphatic heterocycles. The van der Waals surface area contributed by atoms with Crippen molar-refractivity contribution in [1.29, 1.82) is 0 Å². The summed E-state index contributed by atoms with van der Waals surface area (Å²) in [5, 5.41) is 3.36. The van der Waals surface area contributed by atoms with Crippen LogP contribution in [0.5, 0.6) is 11.5 Å². The fraction of sp³-hybridized carbons (Fsp3) is 0.211. The van der Waals surface area contributed by atoms with Gasteiger partial charge < -0.3 is 19.4 Å². The minimum atomic E-state index is 0.685. The molecule has 1 N–H and O–H groups in total. The largest absolute Gasteiger partial charge is 0.497 e. The van der Waals surface area contributed by atoms with Crippen LogP contribution in [0, 0.1) is 0 Å². The number of benzene rings is 2. The molecule has 1 heterocycles. The summed E-state index contributed by atoms with van der Waals surface area (Å²) in [6.45, 7) is 0.685. The zero-order valence-electron chi connectivity index (χ0n) is 14.1. The topological polar surface area (TPSA) is 48.3 Å². The molecule has 5 heteroatoms. The van der Waals surface area contributed by atoms with Crippen LogP contribution in [-0.2, 0) is 13.6 Å². The fourth-order valence-electron chi connectivity index (χ4n) is 2.57. The Morgan fingerprint density at radius 3 is 2.46 bits per heavy atom. The summed E-state index contributed by atoms with van der Waals surface area (Å²) in [6, 6.07) is 16.0. The maximum absolute atomic E-state index is 5.25. The van der Waals surface area contributed by atoms with Gasteiger partial charge in [0.15, 0.2) is 0 Å². The van der Waals surface area contributed by atoms with E-state index < -0.39 is 0 Å². The summed E-state index contributed by atoms with van der Waals surface area (Å²) in [6.07, 6.45) is 1.87. The fourth-order valence-corrected chi connectivity index (χ4v) is 2.57. The minimum Gasteiger partial charge on any atom is -0.497 e. The predicted molar refractivity (Wildman–Crippen MR) is 95.5 cm³/mol. The third kappa shape index (κ3) is 3.35. The van der Waals surface area contributed by atoms with Crippen LogP contribution < -0.4 is 14.8 Å². The lowest BCUT2D eigenvalue weighted by atomic mass is 10.1. The Balaban J connectivity index is 1.74. The molecule has 0 fully saturated rings. The molecule has 0 aliphatic carbocycles. The minimum absolute atomic E-state index is 0.685. The molecule has 0 spiro atoms. The van der Waals surface area contributed by atoms with Crippen LogP contribution in [-0.4, -0.2) is 23.8 Å². The summed E-state index contributed by atoms with van der Waals surface area (Å²) in [5.41, 5.74) is 3.29. The Morgan fingerprint density at radius 1 is 1.00 bits per heavy atom. The van der Waals surface area contributed by atoms with E-state index in [1.165, 1.54) is 0 Å². The molecule has 3 aromatic rings. The number of ether oxygens (including phenoxy) is 2. The number of nitrogens with one attached hydrogen (secondary N) is 1. The van der Waals surface area contributed by atoms with Crippen LogP contribution in [0.1, 0.15) is 5.56 Å². The molecule has 3 rings (SSSR count). The van der Waals surface area contributed by atoms with Crippen LogP contribution >= 0.6 is 0 Å². The van der Waals surface area contributed by atoms with E-state index in [-0.39, 0.29) is 0 Å². The highest BCUT2D eigenvalue weighted by Gasteiger charge is 2.08. The molecule has 5 nitrogen and oxygen atoms in total. The van der Waals surface area contributed by atoms with Crippen molar-refractivity contribution in [3.05, 3.63) is 60.3 Å². The maximum atomic E-state index is 5.25. The van der Waals surface area contributed by atoms with Gasteiger partial charge in [0.05, 0.1) is 26.1 Å². The van der Waals surface area contributed by atoms with E-state index in [0.29, 0.717) is 6.54 Å². The molecule has 24 heavy (non-hydrogen) atoms. The van der Waals surface area contributed by atoms with Gasteiger partial charge in [-0.25, -0.2) is 4.98 Å². The molecule has 0 radical (unpaired) electrons. The number of hydrogen-bond donors (Lipinski definition) is 1. The third-order valence-electron chi connectivity index (χ3n) is 3.96. The van der Waals surface area contributed by atoms with Crippen LogP contribution in [0.2, 0.25) is 0 Å². The maximum Gasteiger partial charge on any atom is 0.203 e. The number of imidazole rings is 1. The molecule has 0 aliphatic rings. The van der Waals surface area contributed by atoms with E-state index in [4.69, 9.17) is 9.47 Å². The molecule has 1 aromatic heterocycles. The van der Waals surface area contributed by atoms with Gasteiger partial charge in [0.2, 0.25) is 5.95 Å². The monoisotopic (exact) mass is 323 g/mol. The van der Waals surface area contributed by atoms with Crippen molar-refractivity contribution in [1.82, 2.24) is 9.55 Å². The van der Waals surface area contributed by atoms with E-state index in [9.17, 15) is 0 Å². The van der Waals surface area contributed by atoms with Gasteiger partial charge >= 0.3 is 0 Å². The van der Waals surface area contributed by atoms with Gasteiger partial charge in [0.1, 0.15) is 11.5 Å². The first-order valence-corrected chi connectivity index (χ1v) is 7.74. The lowest BCUT2D eigenvalue weighted by molar-refractivity contribution is 0.414. The lowest BCUT2D eigenvalue weighted by Crippen LogP contribution is -2.05. The molecule has 0 saturated heterocycles. The van der Waals surface area contributed by atoms with Gasteiger partial charge in [0.25, 0.3) is 0 Å². The first-order chi connectivity index (χ1) is 11.7. The first-order valence-electron chi connectivity index (χ1n) is 7.74. The SMILES string of the molecule is COc1ccc(-c2cnc(NCc3cccc(OC)c3)n2C)cc1. The van der Waals surface area contributed by atoms with Gasteiger partial charge in [0, 0.05) is 19.2 Å². The average molecular weight is 323 g/mol. The molecule has 0 bridgehead atoms. The number of anilines is 1. The lowest BCUT2D eigenvalue weighted by Gasteiger charge is -2.09. The number of nitrogens with zero attached hydrogens (tertiary/aromatic N) is 2. The van der Waals surface area contributed by atoms with Gasteiger partial charge in [-0.1, -0.05) is 12.1 Å². The zero-order valence-corrected chi connectivity index (χ0v) is 14.1. The highest BCUT2D eigenvalue weighted by Crippen LogP contribution is 2.24. The van der Waals surface area contributed by atoms with Crippen LogP contribution in [0.4, 0.5) is 5.95 Å². The van der Waals surface area contributed by atoms with Gasteiger partial charge in [-0.05, 0) is 42.0 Å². The average Bonchev–Trinajstić information content (AvgIpc) is 3.01. The Hall–Kier alpha value is -2.95. The Labute approximate surface area is 141 Å². The molecule has 0 saturated carbocycles. The van der Waals surface area contributed by atoms with Gasteiger partial charge in [-0.15, -0.1) is 0 Å². The second-order valence-electron chi connectivity index (χ2n) is 5.46. The second-order valence-corrected chi connectivity index (χ2v) is 5.46. The van der Waals surface area contributed by atoms with Crippen molar-refractivity contribution in [2.75, 3.05) is 19.5 Å². The highest BCUT2D eigenvalue weighted by atomic mass is 16.5. The summed E-state index contributed by atoms with van der Waals surface area (Å²) in [7, 11) is 5.34. The van der Waals surface area contributed by atoms with Crippen molar-refractivity contribution in [3.8, 4) is 22.8 Å². The van der Waals surface area contributed by atoms with E-state index in [1.54, 1.807) is 14.2 Å². The first kappa shape index (κ1) is 15.9. The third-order valence-corrected chi connectivity index (χ3v) is 3.96. The van der Waals surface area contributed by atoms with Crippen molar-refractivity contribution in [3.63, 3.8) is 0 Å². The highest BCUT2D eigenvalue weighted by molar-refractivity contribution is 5.62. The summed E-state index contributed by atoms with van der Waals surface area (Å²) in [4.78, 5) is 4.48. The van der Waals surface area contributed by atoms with Crippen LogP contribution in [0.25, 0.3) is 11.3 Å². The smallest absolute Gasteiger partial charge is 0.203 e. The van der Waals surface area contributed by atoms with Crippen molar-refractivity contribution in [2.24, 2.45) is 7.05 Å². The number of hydrogen-bond acceptors (Lipinski definition) is 4. The molecule has 0 amide bonds. The van der Waals surface area contributed by atoms with E-state index in [1.807, 2.05) is 60.3 Å². The molecule has 124 valence electrons. The molecule has 2 aromatic carbocycles. The normalized spacial score (nSPS) is 10.5. The van der Waals surface area contributed by atoms with Crippen molar-refractivity contribution >= 4 is 5.95 Å². The number of methoxy groups -OCH3 is 2. The van der Waals surface area contributed by atoms with Gasteiger partial charge in [-0.2, -0.15) is 0 Å². The van der Waals surface area contributed by atoms with Crippen LogP contribution in [0.3, 0.4) is 0 Å². The van der Waals surface area contributed by atoms with Gasteiger partial charge in [-0.3, -0.25) is 0 Å². The summed E-state index contributed by atoms with van der Waals surface area (Å²) in [5.74, 6) is 2.52. The standard InChI is InChI=1S/C19H21N3O2/c1-22-18(15-7-9-16(23-2)10-8-15)13-21-19(22)20-12-14-5-4-6-17(11-14)24-3/h4-11,13H,12H2,1-3H3,(H,20,21). The number of aromatic nitrogens is 2. The predicted octanol–water partition coefficient (Wildman–Crippen LogP) is 3.72. The summed E-state index contributed by atoms with van der Waals surface area (Å²) < 4.78 is 12.5. The molecular weight excluding hydrogens is 302 g/mol. The van der Waals surface area contributed by atoms with E-state index >= 15 is 0 Å². The van der Waals surface area contributed by atoms with E-state index in [2.05, 4.69) is 16.4 Å². The quantitative estimate of drug-likeness (QED) is 0.751. The summed E-state index contributed by atoms with van der Waals surface area (Å²) >= 11 is 0. The second kappa shape index (κ2) is 7.08. The van der Waals surface area contributed by atoms with Crippen LogP contribution in [0.15, 0.2) is 54.7 Å². The van der Waals surface area contributed by atoms with E-state index in [0.717, 1.165) is 34.3 Å². The Bertz CT molecular complexity index is 810. The van der Waals surface area contributed by atoms with Crippen molar-refractivity contribution < 1.29 is 9.47 Å². The Morgan fingerprint density at radius 2 is 1.75 bits per heavy atom. The van der Waals surface area contributed by atoms with Crippen molar-refractivity contribution in [2.45, 2.75) is 6.54 Å². The molecule has 0 atom stereocenters. The molecule has 0 unspecified atom stereocenters. The Kier molecular flexibility index (Phi) is 4.70.